The summed E-state index contributed by atoms with van der Waals surface area (Å²) in [6.45, 7) is 2.10. The zero-order valence-electron chi connectivity index (χ0n) is 15.6. The first-order valence-electron chi connectivity index (χ1n) is 9.14. The average Bonchev–Trinajstić information content (AvgIpc) is 2.63. The van der Waals surface area contributed by atoms with Crippen LogP contribution in [0.25, 0.3) is 0 Å². The summed E-state index contributed by atoms with van der Waals surface area (Å²) in [5, 5.41) is 19.1. The summed E-state index contributed by atoms with van der Waals surface area (Å²) < 4.78 is 0. The summed E-state index contributed by atoms with van der Waals surface area (Å²) in [4.78, 5) is 14.7. The molecule has 0 saturated carbocycles. The van der Waals surface area contributed by atoms with Crippen LogP contribution >= 0.6 is 0 Å². The van der Waals surface area contributed by atoms with E-state index in [4.69, 9.17) is 5.26 Å². The third-order valence-electron chi connectivity index (χ3n) is 3.31. The van der Waals surface area contributed by atoms with Gasteiger partial charge in [-0.1, -0.05) is 79.8 Å². The second kappa shape index (κ2) is 19.2. The molecule has 4 heteroatoms. The van der Waals surface area contributed by atoms with Crippen LogP contribution in [0.15, 0.2) is 72.9 Å². The quantitative estimate of drug-likeness (QED) is 0.199. The van der Waals surface area contributed by atoms with Gasteiger partial charge in [-0.15, -0.1) is 0 Å². The molecule has 0 aliphatic heterocycles. The van der Waals surface area contributed by atoms with Crippen LogP contribution < -0.4 is 5.11 Å². The van der Waals surface area contributed by atoms with E-state index in [1.807, 2.05) is 54.7 Å². The molecule has 1 atom stereocenters. The lowest BCUT2D eigenvalue weighted by Crippen LogP contribution is -2.21. The van der Waals surface area contributed by atoms with Crippen molar-refractivity contribution in [3.8, 4) is 0 Å². The summed E-state index contributed by atoms with van der Waals surface area (Å²) in [7, 11) is 0. The number of carboxylic acids is 1. The van der Waals surface area contributed by atoms with Crippen molar-refractivity contribution in [2.75, 3.05) is 0 Å². The van der Waals surface area contributed by atoms with Gasteiger partial charge >= 0.3 is 0 Å². The molecule has 0 amide bonds. The Morgan fingerprint density at radius 2 is 1.54 bits per heavy atom. The van der Waals surface area contributed by atoms with Crippen LogP contribution in [0.5, 0.6) is 0 Å². The van der Waals surface area contributed by atoms with Crippen LogP contribution in [-0.4, -0.2) is 17.3 Å². The number of allylic oxidation sites excluding steroid dienone is 10. The van der Waals surface area contributed by atoms with E-state index in [1.54, 1.807) is 0 Å². The second-order valence-electron chi connectivity index (χ2n) is 5.60. The molecule has 0 bridgehead atoms. The van der Waals surface area contributed by atoms with Crippen molar-refractivity contribution in [3.05, 3.63) is 72.9 Å². The Balaban J connectivity index is 3.87. The number of hydrogen-bond acceptors (Lipinski definition) is 4. The van der Waals surface area contributed by atoms with E-state index in [0.717, 1.165) is 25.7 Å². The summed E-state index contributed by atoms with van der Waals surface area (Å²) in [6, 6.07) is 0. The average molecular weight is 359 g/mol. The van der Waals surface area contributed by atoms with Gasteiger partial charge in [-0.2, -0.15) is 0 Å². The molecule has 26 heavy (non-hydrogen) atoms. The molecular weight excluding hydrogens is 328 g/mol. The van der Waals surface area contributed by atoms with Crippen molar-refractivity contribution in [2.45, 2.75) is 58.0 Å². The van der Waals surface area contributed by atoms with Crippen LogP contribution in [0.2, 0.25) is 0 Å². The van der Waals surface area contributed by atoms with Gasteiger partial charge in [-0.25, -0.2) is 4.89 Å². The third kappa shape index (κ3) is 18.2. The summed E-state index contributed by atoms with van der Waals surface area (Å²) >= 11 is 0. The van der Waals surface area contributed by atoms with Crippen LogP contribution in [0.4, 0.5) is 0 Å². The summed E-state index contributed by atoms with van der Waals surface area (Å²) in [5.41, 5.74) is 0. The molecule has 0 aliphatic carbocycles. The first kappa shape index (κ1) is 23.8. The highest BCUT2D eigenvalue weighted by molar-refractivity contribution is 5.64. The Hall–Kier alpha value is -2.17. The van der Waals surface area contributed by atoms with Crippen LogP contribution in [-0.2, 0) is 9.68 Å². The van der Waals surface area contributed by atoms with Gasteiger partial charge in [0, 0.05) is 5.97 Å². The van der Waals surface area contributed by atoms with Crippen LogP contribution in [0.1, 0.15) is 51.9 Å². The summed E-state index contributed by atoms with van der Waals surface area (Å²) in [6.07, 6.45) is 28.2. The molecule has 0 saturated heterocycles. The van der Waals surface area contributed by atoms with E-state index >= 15 is 0 Å². The van der Waals surface area contributed by atoms with E-state index in [1.165, 1.54) is 0 Å². The minimum Gasteiger partial charge on any atom is -0.550 e. The highest BCUT2D eigenvalue weighted by Crippen LogP contribution is 2.02. The maximum Gasteiger partial charge on any atom is 0.115 e. The van der Waals surface area contributed by atoms with Crippen LogP contribution in [0, 0.1) is 0 Å². The van der Waals surface area contributed by atoms with E-state index < -0.39 is 5.97 Å². The van der Waals surface area contributed by atoms with Gasteiger partial charge in [0.1, 0.15) is 6.10 Å². The Morgan fingerprint density at radius 3 is 2.19 bits per heavy atom. The zero-order chi connectivity index (χ0) is 19.3. The molecule has 0 aromatic heterocycles. The van der Waals surface area contributed by atoms with Crippen molar-refractivity contribution in [1.82, 2.24) is 0 Å². The standard InChI is InChI=1S/C22H32O4/c1-2-3-4-5-12-15-18-21(26-25)19-16-13-10-8-6-7-9-11-14-17-20-22(23)24/h3-4,6-7,10-16,19,21,25H,2,5,8-9,17-18,20H2,1H3,(H,23,24)/p-1/b4-3-,7-6-,13-10-,14-11-,15-12-,19-16+. The fourth-order valence-electron chi connectivity index (χ4n) is 1.93. The highest BCUT2D eigenvalue weighted by atomic mass is 17.1. The molecule has 1 N–H and O–H groups in total. The van der Waals surface area contributed by atoms with Crippen molar-refractivity contribution < 1.29 is 20.0 Å². The minimum atomic E-state index is -1.02. The van der Waals surface area contributed by atoms with Crippen LogP contribution in [0.3, 0.4) is 0 Å². The smallest absolute Gasteiger partial charge is 0.115 e. The maximum atomic E-state index is 10.2. The molecular formula is C22H31O4-. The molecule has 0 fully saturated rings. The van der Waals surface area contributed by atoms with Crippen molar-refractivity contribution >= 4 is 5.97 Å². The van der Waals surface area contributed by atoms with Crippen molar-refractivity contribution in [1.29, 1.82) is 0 Å². The van der Waals surface area contributed by atoms with Crippen molar-refractivity contribution in [3.63, 3.8) is 0 Å². The third-order valence-corrected chi connectivity index (χ3v) is 3.31. The topological polar surface area (TPSA) is 69.6 Å². The number of carbonyl (C=O) groups excluding carboxylic acids is 1. The van der Waals surface area contributed by atoms with Gasteiger partial charge < -0.3 is 9.90 Å². The molecule has 0 aliphatic rings. The molecule has 4 nitrogen and oxygen atoms in total. The van der Waals surface area contributed by atoms with Gasteiger partial charge in [0.25, 0.3) is 0 Å². The number of carboxylic acid groups (broad SMARTS) is 1. The van der Waals surface area contributed by atoms with Gasteiger partial charge in [0.05, 0.1) is 0 Å². The Labute approximate surface area is 157 Å². The normalized spacial score (nSPS) is 14.2. The van der Waals surface area contributed by atoms with E-state index in [0.29, 0.717) is 12.8 Å². The molecule has 0 aromatic carbocycles. The van der Waals surface area contributed by atoms with E-state index in [2.05, 4.69) is 30.0 Å². The number of rotatable bonds is 15. The predicted molar refractivity (Wildman–Crippen MR) is 105 cm³/mol. The lowest BCUT2D eigenvalue weighted by molar-refractivity contribution is -0.305. The van der Waals surface area contributed by atoms with Gasteiger partial charge in [-0.05, 0) is 44.9 Å². The van der Waals surface area contributed by atoms with Gasteiger partial charge in [0.15, 0.2) is 0 Å². The Morgan fingerprint density at radius 1 is 0.923 bits per heavy atom. The van der Waals surface area contributed by atoms with Gasteiger partial charge in [0.2, 0.25) is 0 Å². The molecule has 0 rings (SSSR count). The highest BCUT2D eigenvalue weighted by Gasteiger charge is 1.99. The maximum absolute atomic E-state index is 10.2. The summed E-state index contributed by atoms with van der Waals surface area (Å²) in [5.74, 6) is -1.02. The monoisotopic (exact) mass is 359 g/mol. The molecule has 0 heterocycles. The number of aliphatic carboxylic acids is 1. The molecule has 0 spiro atoms. The second-order valence-corrected chi connectivity index (χ2v) is 5.60. The molecule has 0 radical (unpaired) electrons. The fraction of sp³-hybridized carbons (Fsp3) is 0.409. The largest absolute Gasteiger partial charge is 0.550 e. The molecule has 144 valence electrons. The molecule has 1 unspecified atom stereocenters. The predicted octanol–water partition coefficient (Wildman–Crippen LogP) is 4.68. The Bertz CT molecular complexity index is 510. The number of carbonyl (C=O) groups is 1. The van der Waals surface area contributed by atoms with E-state index in [-0.39, 0.29) is 12.5 Å². The first-order valence-corrected chi connectivity index (χ1v) is 9.14. The first-order chi connectivity index (χ1) is 12.7. The zero-order valence-corrected chi connectivity index (χ0v) is 15.6. The lowest BCUT2D eigenvalue weighted by Gasteiger charge is -2.03. The Kier molecular flexibility index (Phi) is 17.6. The number of hydrogen-bond donors (Lipinski definition) is 1. The fourth-order valence-corrected chi connectivity index (χ4v) is 1.93. The lowest BCUT2D eigenvalue weighted by atomic mass is 10.2. The van der Waals surface area contributed by atoms with Crippen molar-refractivity contribution in [2.24, 2.45) is 0 Å². The molecule has 0 aromatic rings. The SMILES string of the molecule is CC/C=C\C/C=C\CC(/C=C/C=C\C/C=C\C/C=C\CCC(=O)[O-])OO. The van der Waals surface area contributed by atoms with E-state index in [9.17, 15) is 9.90 Å². The van der Waals surface area contributed by atoms with Gasteiger partial charge in [-0.3, -0.25) is 5.26 Å². The minimum absolute atomic E-state index is 0.0690.